The Bertz CT molecular complexity index is 261. The lowest BCUT2D eigenvalue weighted by Gasteiger charge is -2.18. The van der Waals surface area contributed by atoms with Crippen molar-refractivity contribution in [1.29, 1.82) is 0 Å². The second-order valence-corrected chi connectivity index (χ2v) is 6.84. The molecule has 0 radical (unpaired) electrons. The van der Waals surface area contributed by atoms with Crippen LogP contribution in [-0.4, -0.2) is 38.9 Å². The number of ether oxygens (including phenoxy) is 2. The van der Waals surface area contributed by atoms with Gasteiger partial charge in [0.2, 0.25) is 0 Å². The Labute approximate surface area is 103 Å². The van der Waals surface area contributed by atoms with Crippen molar-refractivity contribution in [3.63, 3.8) is 0 Å². The lowest BCUT2D eigenvalue weighted by atomic mass is 10.2. The van der Waals surface area contributed by atoms with Crippen LogP contribution in [0.5, 0.6) is 0 Å². The molecular weight excluding hydrogens is 243 g/mol. The normalized spacial score (nSPS) is 25.7. The molecule has 0 spiro atoms. The maximum Gasteiger partial charge on any atom is 0.330 e. The predicted octanol–water partition coefficient (Wildman–Crippen LogP) is 2.79. The highest BCUT2D eigenvalue weighted by molar-refractivity contribution is 7.53. The Hall–Kier alpha value is 0.0700. The third-order valence-electron chi connectivity index (χ3n) is 2.77. The van der Waals surface area contributed by atoms with Gasteiger partial charge in [-0.1, -0.05) is 0 Å². The fraction of sp³-hybridized carbons (Fsp3) is 1.00. The van der Waals surface area contributed by atoms with Crippen LogP contribution < -0.4 is 0 Å². The molecule has 1 aliphatic rings. The third-order valence-corrected chi connectivity index (χ3v) is 4.69. The zero-order chi connectivity index (χ0) is 12.9. The van der Waals surface area contributed by atoms with Crippen LogP contribution in [0.3, 0.4) is 0 Å². The molecule has 1 aliphatic heterocycles. The van der Waals surface area contributed by atoms with Crippen molar-refractivity contribution < 1.29 is 23.1 Å². The van der Waals surface area contributed by atoms with Crippen molar-refractivity contribution >= 4 is 7.60 Å². The zero-order valence-corrected chi connectivity index (χ0v) is 11.9. The molecule has 17 heavy (non-hydrogen) atoms. The van der Waals surface area contributed by atoms with Gasteiger partial charge < -0.3 is 18.5 Å². The molecule has 0 aromatic rings. The average molecular weight is 266 g/mol. The standard InChI is InChI=1S/C11H23O5P/c1-9(2)15-11-6-5-10(16-11)7-8-17(12,13-3)14-4/h9-11H,5-8H2,1-4H3/t10-,11+/m0/s1. The first-order valence-corrected chi connectivity index (χ1v) is 7.73. The lowest BCUT2D eigenvalue weighted by molar-refractivity contribution is -0.153. The monoisotopic (exact) mass is 266 g/mol. The van der Waals surface area contributed by atoms with E-state index in [1.165, 1.54) is 14.2 Å². The van der Waals surface area contributed by atoms with Gasteiger partial charge in [0.25, 0.3) is 0 Å². The average Bonchev–Trinajstić information content (AvgIpc) is 2.73. The van der Waals surface area contributed by atoms with E-state index in [0.717, 1.165) is 12.8 Å². The van der Waals surface area contributed by atoms with E-state index in [1.54, 1.807) is 0 Å². The Morgan fingerprint density at radius 3 is 2.47 bits per heavy atom. The lowest BCUT2D eigenvalue weighted by Crippen LogP contribution is -2.19. The van der Waals surface area contributed by atoms with Crippen LogP contribution in [0.2, 0.25) is 0 Å². The Morgan fingerprint density at radius 1 is 1.29 bits per heavy atom. The molecule has 1 fully saturated rings. The van der Waals surface area contributed by atoms with Crippen LogP contribution in [0.1, 0.15) is 33.1 Å². The molecule has 1 saturated heterocycles. The van der Waals surface area contributed by atoms with Crippen molar-refractivity contribution in [1.82, 2.24) is 0 Å². The minimum absolute atomic E-state index is 0.0948. The first-order chi connectivity index (χ1) is 7.99. The highest BCUT2D eigenvalue weighted by Gasteiger charge is 2.29. The summed E-state index contributed by atoms with van der Waals surface area (Å²) in [6.07, 6.45) is 3.04. The highest BCUT2D eigenvalue weighted by atomic mass is 31.2. The van der Waals surface area contributed by atoms with Crippen LogP contribution >= 0.6 is 7.60 Å². The second kappa shape index (κ2) is 6.86. The summed E-state index contributed by atoms with van der Waals surface area (Å²) in [5, 5.41) is 0. The van der Waals surface area contributed by atoms with Gasteiger partial charge in [-0.2, -0.15) is 0 Å². The van der Waals surface area contributed by atoms with Crippen LogP contribution in [0.15, 0.2) is 0 Å². The summed E-state index contributed by atoms with van der Waals surface area (Å²) in [7, 11) is -0.0873. The zero-order valence-electron chi connectivity index (χ0n) is 11.0. The molecule has 102 valence electrons. The van der Waals surface area contributed by atoms with Gasteiger partial charge in [0.05, 0.1) is 18.4 Å². The summed E-state index contributed by atoms with van der Waals surface area (Å²) >= 11 is 0. The fourth-order valence-corrected chi connectivity index (χ4v) is 2.97. The predicted molar refractivity (Wildman–Crippen MR) is 65.2 cm³/mol. The molecule has 0 aromatic carbocycles. The minimum atomic E-state index is -2.90. The summed E-state index contributed by atoms with van der Waals surface area (Å²) < 4.78 is 32.9. The van der Waals surface area contributed by atoms with Crippen molar-refractivity contribution in [2.75, 3.05) is 20.4 Å². The molecule has 0 aromatic heterocycles. The maximum atomic E-state index is 11.8. The maximum absolute atomic E-state index is 11.8. The Morgan fingerprint density at radius 2 is 1.94 bits per heavy atom. The van der Waals surface area contributed by atoms with E-state index in [2.05, 4.69) is 0 Å². The van der Waals surface area contributed by atoms with Gasteiger partial charge >= 0.3 is 7.60 Å². The van der Waals surface area contributed by atoms with E-state index in [4.69, 9.17) is 18.5 Å². The van der Waals surface area contributed by atoms with Gasteiger partial charge in [-0.15, -0.1) is 0 Å². The van der Waals surface area contributed by atoms with Gasteiger partial charge in [0, 0.05) is 20.6 Å². The summed E-state index contributed by atoms with van der Waals surface area (Å²) in [6, 6.07) is 0. The van der Waals surface area contributed by atoms with Gasteiger partial charge in [-0.25, -0.2) is 0 Å². The molecular formula is C11H23O5P. The molecule has 5 nitrogen and oxygen atoms in total. The van der Waals surface area contributed by atoms with Crippen LogP contribution in [0.4, 0.5) is 0 Å². The summed E-state index contributed by atoms with van der Waals surface area (Å²) in [5.41, 5.74) is 0. The van der Waals surface area contributed by atoms with Gasteiger partial charge in [-0.05, 0) is 26.7 Å². The minimum Gasteiger partial charge on any atom is -0.350 e. The molecule has 0 amide bonds. The smallest absolute Gasteiger partial charge is 0.330 e. The quantitative estimate of drug-likeness (QED) is 0.663. The molecule has 0 aliphatic carbocycles. The van der Waals surface area contributed by atoms with E-state index < -0.39 is 7.60 Å². The molecule has 0 saturated carbocycles. The Balaban J connectivity index is 2.28. The van der Waals surface area contributed by atoms with Crippen molar-refractivity contribution in [3.05, 3.63) is 0 Å². The third kappa shape index (κ3) is 5.06. The number of rotatable bonds is 7. The topological polar surface area (TPSA) is 54.0 Å². The molecule has 1 rings (SSSR count). The molecule has 0 bridgehead atoms. The van der Waals surface area contributed by atoms with E-state index in [9.17, 15) is 4.57 Å². The summed E-state index contributed by atoms with van der Waals surface area (Å²) in [6.45, 7) is 3.97. The first-order valence-electron chi connectivity index (χ1n) is 6.00. The van der Waals surface area contributed by atoms with Crippen LogP contribution in [-0.2, 0) is 23.1 Å². The van der Waals surface area contributed by atoms with E-state index in [-0.39, 0.29) is 18.5 Å². The van der Waals surface area contributed by atoms with E-state index in [1.807, 2.05) is 13.8 Å². The number of hydrogen-bond acceptors (Lipinski definition) is 5. The van der Waals surface area contributed by atoms with E-state index >= 15 is 0 Å². The van der Waals surface area contributed by atoms with Gasteiger partial charge in [0.15, 0.2) is 6.29 Å². The van der Waals surface area contributed by atoms with Crippen molar-refractivity contribution in [2.24, 2.45) is 0 Å². The second-order valence-electron chi connectivity index (χ2n) is 4.44. The molecule has 6 heteroatoms. The van der Waals surface area contributed by atoms with Crippen LogP contribution in [0, 0.1) is 0 Å². The van der Waals surface area contributed by atoms with Crippen molar-refractivity contribution in [3.8, 4) is 0 Å². The summed E-state index contributed by atoms with van der Waals surface area (Å²) in [5.74, 6) is 0. The van der Waals surface area contributed by atoms with Crippen LogP contribution in [0.25, 0.3) is 0 Å². The Kier molecular flexibility index (Phi) is 6.10. The van der Waals surface area contributed by atoms with Gasteiger partial charge in [-0.3, -0.25) is 4.57 Å². The molecule has 1 heterocycles. The molecule has 0 unspecified atom stereocenters. The summed E-state index contributed by atoms with van der Waals surface area (Å²) in [4.78, 5) is 0. The fourth-order valence-electron chi connectivity index (χ4n) is 1.85. The largest absolute Gasteiger partial charge is 0.350 e. The molecule has 2 atom stereocenters. The highest BCUT2D eigenvalue weighted by Crippen LogP contribution is 2.47. The van der Waals surface area contributed by atoms with Crippen molar-refractivity contribution in [2.45, 2.75) is 51.6 Å². The number of hydrogen-bond donors (Lipinski definition) is 0. The molecule has 0 N–H and O–H groups in total. The van der Waals surface area contributed by atoms with Gasteiger partial charge in [0.1, 0.15) is 0 Å². The first kappa shape index (κ1) is 15.1. The SMILES string of the molecule is COP(=O)(CC[C@@H]1CC[C@H](OC(C)C)O1)OC. The van der Waals surface area contributed by atoms with E-state index in [0.29, 0.717) is 12.6 Å².